The van der Waals surface area contributed by atoms with E-state index in [-0.39, 0.29) is 6.42 Å². The topological polar surface area (TPSA) is 94.7 Å². The molecule has 0 fully saturated rings. The fourth-order valence-corrected chi connectivity index (χ4v) is 4.22. The summed E-state index contributed by atoms with van der Waals surface area (Å²) in [5.74, 6) is -1.35. The van der Waals surface area contributed by atoms with Gasteiger partial charge in [-0.3, -0.25) is 9.59 Å². The molecule has 3 aromatic carbocycles. The second kappa shape index (κ2) is 10.7. The molecule has 1 atom stereocenters. The van der Waals surface area contributed by atoms with Crippen LogP contribution < -0.4 is 10.9 Å². The number of benzene rings is 3. The number of rotatable bonds is 7. The summed E-state index contributed by atoms with van der Waals surface area (Å²) in [6, 6.07) is 18.2. The van der Waals surface area contributed by atoms with Crippen LogP contribution in [0.25, 0.3) is 16.8 Å². The zero-order chi connectivity index (χ0) is 26.6. The van der Waals surface area contributed by atoms with Crippen molar-refractivity contribution >= 4 is 23.2 Å². The highest BCUT2D eigenvalue weighted by molar-refractivity contribution is 6.31. The molecule has 0 spiro atoms. The molecule has 8 nitrogen and oxygen atoms in total. The summed E-state index contributed by atoms with van der Waals surface area (Å²) in [6.07, 6.45) is 3.05. The third-order valence-electron chi connectivity index (χ3n) is 5.91. The van der Waals surface area contributed by atoms with Crippen LogP contribution in [0.5, 0.6) is 0 Å². The van der Waals surface area contributed by atoms with E-state index < -0.39 is 29.1 Å². The van der Waals surface area contributed by atoms with Crippen LogP contribution in [0.1, 0.15) is 11.6 Å². The van der Waals surface area contributed by atoms with Crippen molar-refractivity contribution < 1.29 is 13.6 Å². The number of halogens is 3. The standard InChI is InChI=1S/C27H19ClF2N6O2/c28-19-3-10-24(36-16-31-33-34-36)23(15-19)18-11-12-35(26(37)14-18)25(13-17-1-4-20(29)5-2-17)27(38)32-22-8-6-21(30)7-9-22/h1-12,14-16,25H,13H2,(H,32,38)/t25-/m0/s1. The van der Waals surface area contributed by atoms with Crippen LogP contribution in [-0.4, -0.2) is 30.7 Å². The predicted octanol–water partition coefficient (Wildman–Crippen LogP) is 4.85. The summed E-state index contributed by atoms with van der Waals surface area (Å²) in [6.45, 7) is 0. The highest BCUT2D eigenvalue weighted by atomic mass is 35.5. The smallest absolute Gasteiger partial charge is 0.251 e. The third kappa shape index (κ3) is 5.50. The number of nitrogens with one attached hydrogen (secondary N) is 1. The average Bonchev–Trinajstić information content (AvgIpc) is 3.45. The largest absolute Gasteiger partial charge is 0.324 e. The van der Waals surface area contributed by atoms with Gasteiger partial charge in [0.25, 0.3) is 5.56 Å². The molecule has 0 saturated carbocycles. The number of carbonyl (C=O) groups is 1. The van der Waals surface area contributed by atoms with Crippen molar-refractivity contribution in [3.8, 4) is 16.8 Å². The highest BCUT2D eigenvalue weighted by Crippen LogP contribution is 2.29. The van der Waals surface area contributed by atoms with E-state index >= 15 is 0 Å². The minimum atomic E-state index is -0.981. The molecule has 1 N–H and O–H groups in total. The lowest BCUT2D eigenvalue weighted by Crippen LogP contribution is -2.34. The van der Waals surface area contributed by atoms with Crippen LogP contribution in [-0.2, 0) is 11.2 Å². The molecule has 5 aromatic rings. The summed E-state index contributed by atoms with van der Waals surface area (Å²) < 4.78 is 29.5. The van der Waals surface area contributed by atoms with Crippen LogP contribution in [0.15, 0.2) is 96.2 Å². The second-order valence-corrected chi connectivity index (χ2v) is 8.86. The number of pyridine rings is 1. The first-order valence-electron chi connectivity index (χ1n) is 11.4. The lowest BCUT2D eigenvalue weighted by atomic mass is 10.0. The molecule has 2 heterocycles. The van der Waals surface area contributed by atoms with E-state index in [9.17, 15) is 18.4 Å². The number of hydrogen-bond acceptors (Lipinski definition) is 5. The van der Waals surface area contributed by atoms with Gasteiger partial charge in [0.1, 0.15) is 24.0 Å². The van der Waals surface area contributed by atoms with Gasteiger partial charge in [-0.25, -0.2) is 8.78 Å². The Kier molecular flexibility index (Phi) is 7.05. The summed E-state index contributed by atoms with van der Waals surface area (Å²) in [4.78, 5) is 26.7. The average molecular weight is 533 g/mol. The zero-order valence-electron chi connectivity index (χ0n) is 19.6. The van der Waals surface area contributed by atoms with Crippen molar-refractivity contribution in [2.24, 2.45) is 0 Å². The van der Waals surface area contributed by atoms with Gasteiger partial charge in [-0.05, 0) is 82.2 Å². The minimum Gasteiger partial charge on any atom is -0.324 e. The molecule has 0 saturated heterocycles. The Balaban J connectivity index is 1.53. The number of nitrogens with zero attached hydrogens (tertiary/aromatic N) is 5. The first kappa shape index (κ1) is 25.0. The van der Waals surface area contributed by atoms with Gasteiger partial charge in [0.15, 0.2) is 0 Å². The third-order valence-corrected chi connectivity index (χ3v) is 6.14. The molecule has 38 heavy (non-hydrogen) atoms. The van der Waals surface area contributed by atoms with Crippen LogP contribution in [0.3, 0.4) is 0 Å². The first-order chi connectivity index (χ1) is 18.4. The van der Waals surface area contributed by atoms with Crippen molar-refractivity contribution in [3.63, 3.8) is 0 Å². The van der Waals surface area contributed by atoms with Gasteiger partial charge in [-0.2, -0.15) is 4.68 Å². The predicted molar refractivity (Wildman–Crippen MR) is 138 cm³/mol. The number of carbonyl (C=O) groups excluding carboxylic acids is 1. The molecule has 11 heteroatoms. The number of aromatic nitrogens is 5. The van der Waals surface area contributed by atoms with E-state index in [1.165, 1.54) is 64.2 Å². The van der Waals surface area contributed by atoms with E-state index in [4.69, 9.17) is 11.6 Å². The van der Waals surface area contributed by atoms with Crippen LogP contribution >= 0.6 is 11.6 Å². The van der Waals surface area contributed by atoms with Crippen molar-refractivity contribution in [1.82, 2.24) is 24.8 Å². The number of tetrazole rings is 1. The lowest BCUT2D eigenvalue weighted by Gasteiger charge is -2.20. The molecule has 5 rings (SSSR count). The van der Waals surface area contributed by atoms with Gasteiger partial charge in [0, 0.05) is 35.0 Å². The summed E-state index contributed by atoms with van der Waals surface area (Å²) in [7, 11) is 0. The normalized spacial score (nSPS) is 11.8. The van der Waals surface area contributed by atoms with E-state index in [1.807, 2.05) is 0 Å². The van der Waals surface area contributed by atoms with Gasteiger partial charge in [-0.15, -0.1) is 5.10 Å². The molecule has 0 radical (unpaired) electrons. The Morgan fingerprint density at radius 3 is 2.32 bits per heavy atom. The van der Waals surface area contributed by atoms with Crippen LogP contribution in [0.4, 0.5) is 14.5 Å². The quantitative estimate of drug-likeness (QED) is 0.323. The van der Waals surface area contributed by atoms with Gasteiger partial charge < -0.3 is 9.88 Å². The lowest BCUT2D eigenvalue weighted by molar-refractivity contribution is -0.119. The molecular formula is C27H19ClF2N6O2. The van der Waals surface area contributed by atoms with Crippen molar-refractivity contribution in [3.05, 3.63) is 124 Å². The monoisotopic (exact) mass is 532 g/mol. The van der Waals surface area contributed by atoms with Crippen LogP contribution in [0, 0.1) is 11.6 Å². The van der Waals surface area contributed by atoms with Crippen molar-refractivity contribution in [2.75, 3.05) is 5.32 Å². The van der Waals surface area contributed by atoms with Gasteiger partial charge in [0.2, 0.25) is 5.91 Å². The maximum absolute atomic E-state index is 13.5. The Hall–Kier alpha value is -4.70. The fraction of sp³-hybridized carbons (Fsp3) is 0.0741. The molecule has 0 aliphatic heterocycles. The second-order valence-electron chi connectivity index (χ2n) is 8.42. The van der Waals surface area contributed by atoms with Crippen molar-refractivity contribution in [2.45, 2.75) is 12.5 Å². The fourth-order valence-electron chi connectivity index (χ4n) is 4.05. The number of anilines is 1. The Morgan fingerprint density at radius 2 is 1.66 bits per heavy atom. The van der Waals surface area contributed by atoms with E-state index in [2.05, 4.69) is 20.8 Å². The summed E-state index contributed by atoms with van der Waals surface area (Å²) in [5, 5.41) is 14.4. The SMILES string of the molecule is O=C(Nc1ccc(F)cc1)[C@H](Cc1ccc(F)cc1)n1ccc(-c2cc(Cl)ccc2-n2cnnn2)cc1=O. The van der Waals surface area contributed by atoms with Gasteiger partial charge in [-0.1, -0.05) is 23.7 Å². The molecule has 0 bridgehead atoms. The van der Waals surface area contributed by atoms with Crippen LogP contribution in [0.2, 0.25) is 5.02 Å². The van der Waals surface area contributed by atoms with Gasteiger partial charge >= 0.3 is 0 Å². The molecule has 190 valence electrons. The van der Waals surface area contributed by atoms with E-state index in [1.54, 1.807) is 36.4 Å². The number of hydrogen-bond donors (Lipinski definition) is 1. The molecule has 0 unspecified atom stereocenters. The maximum atomic E-state index is 13.5. The molecule has 1 amide bonds. The number of amides is 1. The zero-order valence-corrected chi connectivity index (χ0v) is 20.4. The summed E-state index contributed by atoms with van der Waals surface area (Å²) in [5.41, 5.74) is 2.33. The summed E-state index contributed by atoms with van der Waals surface area (Å²) >= 11 is 6.23. The first-order valence-corrected chi connectivity index (χ1v) is 11.8. The highest BCUT2D eigenvalue weighted by Gasteiger charge is 2.23. The molecule has 0 aliphatic rings. The Labute approximate surface area is 220 Å². The Morgan fingerprint density at radius 1 is 0.947 bits per heavy atom. The molecule has 0 aliphatic carbocycles. The maximum Gasteiger partial charge on any atom is 0.251 e. The van der Waals surface area contributed by atoms with E-state index in [0.29, 0.717) is 33.1 Å². The minimum absolute atomic E-state index is 0.111. The Bertz CT molecular complexity index is 1640. The van der Waals surface area contributed by atoms with Crippen molar-refractivity contribution in [1.29, 1.82) is 0 Å². The van der Waals surface area contributed by atoms with Gasteiger partial charge in [0.05, 0.1) is 5.69 Å². The molecule has 2 aromatic heterocycles. The van der Waals surface area contributed by atoms with E-state index in [0.717, 1.165) is 0 Å². The molecular weight excluding hydrogens is 514 g/mol.